The predicted molar refractivity (Wildman–Crippen MR) is 61.0 cm³/mol. The Balaban J connectivity index is 1.78. The Morgan fingerprint density at radius 1 is 1.39 bits per heavy atom. The molecule has 1 aromatic heterocycles. The molecule has 2 bridgehead atoms. The van der Waals surface area contributed by atoms with Crippen molar-refractivity contribution in [1.82, 2.24) is 10.2 Å². The van der Waals surface area contributed by atoms with Crippen LogP contribution in [0.4, 0.5) is 5.13 Å². The van der Waals surface area contributed by atoms with Gasteiger partial charge in [-0.05, 0) is 12.8 Å². The Morgan fingerprint density at radius 3 is 2.72 bits per heavy atom. The van der Waals surface area contributed by atoms with Crippen LogP contribution in [0.2, 0.25) is 0 Å². The first-order valence-corrected chi connectivity index (χ1v) is 6.50. The van der Waals surface area contributed by atoms with E-state index in [0.29, 0.717) is 11.6 Å². The summed E-state index contributed by atoms with van der Waals surface area (Å²) in [5, 5.41) is 19.5. The summed E-state index contributed by atoms with van der Waals surface area (Å²) in [7, 11) is 0. The number of nitrogens with zero attached hydrogens (tertiary/aromatic N) is 2. The maximum absolute atomic E-state index is 12.1. The van der Waals surface area contributed by atoms with Gasteiger partial charge in [-0.1, -0.05) is 11.3 Å². The molecule has 8 heteroatoms. The minimum absolute atomic E-state index is 0.288. The van der Waals surface area contributed by atoms with Gasteiger partial charge in [0.25, 0.3) is 0 Å². The molecule has 96 valence electrons. The summed E-state index contributed by atoms with van der Waals surface area (Å²) >= 11 is 1.20. The molecule has 3 rings (SSSR count). The highest BCUT2D eigenvalue weighted by Gasteiger charge is 2.55. The predicted octanol–water partition coefficient (Wildman–Crippen LogP) is 0.355. The second-order valence-electron chi connectivity index (χ2n) is 4.41. The Morgan fingerprint density at radius 2 is 2.11 bits per heavy atom. The number of hydrogen-bond acceptors (Lipinski definition) is 6. The molecule has 1 amide bonds. The lowest BCUT2D eigenvalue weighted by atomic mass is 9.79. The second-order valence-corrected chi connectivity index (χ2v) is 5.25. The largest absolute Gasteiger partial charge is 0.481 e. The summed E-state index contributed by atoms with van der Waals surface area (Å²) in [5.74, 6) is -2.70. The lowest BCUT2D eigenvalue weighted by Crippen LogP contribution is -2.40. The molecule has 0 unspecified atom stereocenters. The van der Waals surface area contributed by atoms with E-state index in [9.17, 15) is 14.7 Å². The highest BCUT2D eigenvalue weighted by molar-refractivity contribution is 7.13. The number of nitrogens with one attached hydrogen (secondary N) is 1. The van der Waals surface area contributed by atoms with E-state index >= 15 is 0 Å². The molecule has 2 fully saturated rings. The van der Waals surface area contributed by atoms with Gasteiger partial charge in [0.15, 0.2) is 0 Å². The molecule has 3 heterocycles. The summed E-state index contributed by atoms with van der Waals surface area (Å²) in [6, 6.07) is 0. The first-order valence-electron chi connectivity index (χ1n) is 5.62. The van der Waals surface area contributed by atoms with Crippen LogP contribution in [-0.2, 0) is 14.3 Å². The van der Waals surface area contributed by atoms with E-state index in [1.54, 1.807) is 0 Å². The van der Waals surface area contributed by atoms with E-state index in [0.717, 1.165) is 6.42 Å². The third kappa shape index (κ3) is 1.77. The number of hydrogen-bond donors (Lipinski definition) is 2. The van der Waals surface area contributed by atoms with E-state index in [-0.39, 0.29) is 18.1 Å². The van der Waals surface area contributed by atoms with Crippen molar-refractivity contribution in [1.29, 1.82) is 0 Å². The highest BCUT2D eigenvalue weighted by Crippen LogP contribution is 2.44. The standard InChI is InChI=1S/C10H11N3O4S/c14-8(12-10-13-11-3-18-10)6-4-1-2-5(17-4)7(6)9(15)16/h3-7H,1-2H2,(H,15,16)(H,12,13,14)/t4-,5-,6+,7+/m1/s1. The fourth-order valence-corrected chi connectivity index (χ4v) is 3.19. The Labute approximate surface area is 106 Å². The van der Waals surface area contributed by atoms with Crippen molar-refractivity contribution in [3.63, 3.8) is 0 Å². The quantitative estimate of drug-likeness (QED) is 0.821. The fourth-order valence-electron chi connectivity index (χ4n) is 2.74. The molecule has 1 aromatic rings. The molecule has 2 saturated heterocycles. The van der Waals surface area contributed by atoms with Crippen LogP contribution in [0.1, 0.15) is 12.8 Å². The summed E-state index contributed by atoms with van der Waals surface area (Å²) in [6.07, 6.45) is 0.828. The third-order valence-electron chi connectivity index (χ3n) is 3.45. The first kappa shape index (κ1) is 11.5. The minimum atomic E-state index is -0.973. The Kier molecular flexibility index (Phi) is 2.75. The average molecular weight is 269 g/mol. The van der Waals surface area contributed by atoms with Gasteiger partial charge in [-0.3, -0.25) is 9.59 Å². The number of carbonyl (C=O) groups is 2. The van der Waals surface area contributed by atoms with Gasteiger partial charge in [0.1, 0.15) is 5.51 Å². The molecular formula is C10H11N3O4S. The van der Waals surface area contributed by atoms with Gasteiger partial charge in [-0.25, -0.2) is 0 Å². The second kappa shape index (κ2) is 4.29. The lowest BCUT2D eigenvalue weighted by Gasteiger charge is -2.23. The zero-order valence-corrected chi connectivity index (χ0v) is 10.1. The monoisotopic (exact) mass is 269 g/mol. The maximum atomic E-state index is 12.1. The van der Waals surface area contributed by atoms with Gasteiger partial charge in [-0.2, -0.15) is 0 Å². The van der Waals surface area contributed by atoms with E-state index < -0.39 is 17.8 Å². The molecular weight excluding hydrogens is 258 g/mol. The summed E-state index contributed by atoms with van der Waals surface area (Å²) < 4.78 is 5.52. The molecule has 0 saturated carbocycles. The van der Waals surface area contributed by atoms with Gasteiger partial charge in [-0.15, -0.1) is 10.2 Å². The van der Waals surface area contributed by atoms with Crippen LogP contribution < -0.4 is 5.32 Å². The third-order valence-corrected chi connectivity index (χ3v) is 4.06. The molecule has 18 heavy (non-hydrogen) atoms. The van der Waals surface area contributed by atoms with Gasteiger partial charge in [0.2, 0.25) is 11.0 Å². The molecule has 7 nitrogen and oxygen atoms in total. The first-order chi connectivity index (χ1) is 8.66. The minimum Gasteiger partial charge on any atom is -0.481 e. The SMILES string of the molecule is O=C(O)[C@@H]1[C@@H](C(=O)Nc2nncs2)[C@H]2CC[C@H]1O2. The van der Waals surface area contributed by atoms with Crippen LogP contribution in [0, 0.1) is 11.8 Å². The van der Waals surface area contributed by atoms with Crippen molar-refractivity contribution in [2.75, 3.05) is 5.32 Å². The normalized spacial score (nSPS) is 33.6. The zero-order valence-electron chi connectivity index (χ0n) is 9.28. The smallest absolute Gasteiger partial charge is 0.310 e. The van der Waals surface area contributed by atoms with Crippen molar-refractivity contribution < 1.29 is 19.4 Å². The van der Waals surface area contributed by atoms with Crippen LogP contribution >= 0.6 is 11.3 Å². The van der Waals surface area contributed by atoms with Crippen molar-refractivity contribution in [3.05, 3.63) is 5.51 Å². The number of rotatable bonds is 3. The van der Waals surface area contributed by atoms with Crippen LogP contribution in [0.25, 0.3) is 0 Å². The maximum Gasteiger partial charge on any atom is 0.310 e. The number of ether oxygens (including phenoxy) is 1. The number of anilines is 1. The number of amides is 1. The van der Waals surface area contributed by atoms with Crippen LogP contribution in [0.5, 0.6) is 0 Å². The molecule has 2 aliphatic heterocycles. The highest BCUT2D eigenvalue weighted by atomic mass is 32.1. The zero-order chi connectivity index (χ0) is 12.7. The molecule has 2 aliphatic rings. The van der Waals surface area contributed by atoms with E-state index in [1.165, 1.54) is 16.8 Å². The average Bonchev–Trinajstić information content (AvgIpc) is 3.03. The van der Waals surface area contributed by atoms with Crippen molar-refractivity contribution >= 4 is 28.3 Å². The molecule has 4 atom stereocenters. The fraction of sp³-hybridized carbons (Fsp3) is 0.600. The number of aliphatic carboxylic acids is 1. The molecule has 0 aliphatic carbocycles. The number of carboxylic acid groups (broad SMARTS) is 1. The topological polar surface area (TPSA) is 101 Å². The van der Waals surface area contributed by atoms with Crippen LogP contribution in [0.3, 0.4) is 0 Å². The number of aromatic nitrogens is 2. The molecule has 0 spiro atoms. The number of fused-ring (bicyclic) bond motifs is 2. The Bertz CT molecular complexity index is 477. The summed E-state index contributed by atoms with van der Waals surface area (Å²) in [5.41, 5.74) is 1.50. The van der Waals surface area contributed by atoms with Gasteiger partial charge in [0.05, 0.1) is 24.0 Å². The molecule has 0 aromatic carbocycles. The van der Waals surface area contributed by atoms with E-state index in [2.05, 4.69) is 15.5 Å². The van der Waals surface area contributed by atoms with Crippen molar-refractivity contribution in [2.45, 2.75) is 25.0 Å². The van der Waals surface area contributed by atoms with Crippen LogP contribution in [0.15, 0.2) is 5.51 Å². The molecule has 0 radical (unpaired) electrons. The summed E-state index contributed by atoms with van der Waals surface area (Å²) in [4.78, 5) is 23.3. The van der Waals surface area contributed by atoms with Crippen molar-refractivity contribution in [2.24, 2.45) is 11.8 Å². The number of carboxylic acids is 1. The summed E-state index contributed by atoms with van der Waals surface area (Å²) in [6.45, 7) is 0. The van der Waals surface area contributed by atoms with E-state index in [1.807, 2.05) is 0 Å². The Hall–Kier alpha value is -1.54. The van der Waals surface area contributed by atoms with E-state index in [4.69, 9.17) is 4.74 Å². The van der Waals surface area contributed by atoms with Crippen molar-refractivity contribution in [3.8, 4) is 0 Å². The number of carbonyl (C=O) groups excluding carboxylic acids is 1. The van der Waals surface area contributed by atoms with Gasteiger partial charge < -0.3 is 15.2 Å². The van der Waals surface area contributed by atoms with Crippen LogP contribution in [-0.4, -0.2) is 39.4 Å². The molecule has 2 N–H and O–H groups in total. The van der Waals surface area contributed by atoms with Gasteiger partial charge in [0, 0.05) is 0 Å². The van der Waals surface area contributed by atoms with Gasteiger partial charge >= 0.3 is 5.97 Å². The lowest BCUT2D eigenvalue weighted by molar-refractivity contribution is -0.147.